The summed E-state index contributed by atoms with van der Waals surface area (Å²) in [7, 11) is 0. The number of halogens is 1. The molecular formula is C27H29FN8O2. The summed E-state index contributed by atoms with van der Waals surface area (Å²) < 4.78 is 22.3. The number of nitrogens with one attached hydrogen (secondary N) is 2. The van der Waals surface area contributed by atoms with E-state index in [1.807, 2.05) is 36.8 Å². The summed E-state index contributed by atoms with van der Waals surface area (Å²) in [6.45, 7) is 4.49. The number of carbonyl (C=O) groups excluding carboxylic acids is 1. The maximum Gasteiger partial charge on any atom is 0.223 e. The van der Waals surface area contributed by atoms with Crippen LogP contribution in [0.1, 0.15) is 62.6 Å². The summed E-state index contributed by atoms with van der Waals surface area (Å²) >= 11 is 0. The molecule has 5 aromatic rings. The summed E-state index contributed by atoms with van der Waals surface area (Å²) in [5.41, 5.74) is 3.87. The third-order valence-electron chi connectivity index (χ3n) is 7.40. The maximum absolute atomic E-state index is 13.2. The number of H-pyrrole nitrogens is 1. The molecule has 38 heavy (non-hydrogen) atoms. The minimum absolute atomic E-state index is 0.0436. The van der Waals surface area contributed by atoms with E-state index in [1.165, 1.54) is 16.4 Å². The normalized spacial score (nSPS) is 18.6. The lowest BCUT2D eigenvalue weighted by atomic mass is 9.78. The molecular weight excluding hydrogens is 487 g/mol. The van der Waals surface area contributed by atoms with Gasteiger partial charge in [-0.15, -0.1) is 5.10 Å². The van der Waals surface area contributed by atoms with Crippen molar-refractivity contribution in [3.63, 3.8) is 0 Å². The van der Waals surface area contributed by atoms with Crippen LogP contribution in [0, 0.1) is 11.7 Å². The SMILES string of the molecule is CCOc1cc([C@H]2CC[C@H](C(=O)N[C@@H](C)c3ccc(-n4cc(F)cn4)nc3)CC2)c2c3cn[nH]c3nn2c1. The number of fused-ring (bicyclic) bond motifs is 3. The zero-order chi connectivity index (χ0) is 26.2. The Morgan fingerprint density at radius 3 is 2.76 bits per heavy atom. The molecule has 0 bridgehead atoms. The highest BCUT2D eigenvalue weighted by molar-refractivity contribution is 5.94. The predicted molar refractivity (Wildman–Crippen MR) is 139 cm³/mol. The zero-order valence-corrected chi connectivity index (χ0v) is 21.3. The highest BCUT2D eigenvalue weighted by Gasteiger charge is 2.30. The van der Waals surface area contributed by atoms with E-state index in [1.54, 1.807) is 12.3 Å². The first-order valence-corrected chi connectivity index (χ1v) is 12.9. The van der Waals surface area contributed by atoms with Crippen molar-refractivity contribution in [3.05, 3.63) is 66.1 Å². The minimum atomic E-state index is -0.419. The van der Waals surface area contributed by atoms with E-state index >= 15 is 0 Å². The van der Waals surface area contributed by atoms with Gasteiger partial charge in [-0.2, -0.15) is 10.2 Å². The van der Waals surface area contributed by atoms with Crippen molar-refractivity contribution in [2.24, 2.45) is 5.92 Å². The Morgan fingerprint density at radius 1 is 1.21 bits per heavy atom. The fraction of sp³-hybridized carbons (Fsp3) is 0.370. The molecule has 1 atom stereocenters. The highest BCUT2D eigenvalue weighted by atomic mass is 19.1. The number of hydrogen-bond donors (Lipinski definition) is 2. The van der Waals surface area contributed by atoms with Gasteiger partial charge in [0.05, 0.1) is 48.3 Å². The number of nitrogens with zero attached hydrogens (tertiary/aromatic N) is 6. The molecule has 2 N–H and O–H groups in total. The molecule has 0 aliphatic heterocycles. The molecule has 10 nitrogen and oxygen atoms in total. The molecule has 1 aliphatic carbocycles. The van der Waals surface area contributed by atoms with E-state index < -0.39 is 5.82 Å². The van der Waals surface area contributed by atoms with Crippen molar-refractivity contribution in [2.45, 2.75) is 51.5 Å². The predicted octanol–water partition coefficient (Wildman–Crippen LogP) is 4.48. The molecule has 196 valence electrons. The zero-order valence-electron chi connectivity index (χ0n) is 21.3. The molecule has 1 fully saturated rings. The Balaban J connectivity index is 1.12. The number of ether oxygens (including phenoxy) is 1. The molecule has 0 aromatic carbocycles. The van der Waals surface area contributed by atoms with Crippen LogP contribution in [0.5, 0.6) is 5.75 Å². The first-order valence-electron chi connectivity index (χ1n) is 12.9. The van der Waals surface area contributed by atoms with E-state index in [2.05, 4.69) is 36.8 Å². The fourth-order valence-corrected chi connectivity index (χ4v) is 5.42. The van der Waals surface area contributed by atoms with Crippen LogP contribution >= 0.6 is 0 Å². The molecule has 6 rings (SSSR count). The average Bonchev–Trinajstić information content (AvgIpc) is 3.65. The van der Waals surface area contributed by atoms with Gasteiger partial charge in [-0.3, -0.25) is 9.89 Å². The van der Waals surface area contributed by atoms with E-state index in [0.717, 1.165) is 59.7 Å². The molecule has 0 spiro atoms. The van der Waals surface area contributed by atoms with Gasteiger partial charge in [-0.1, -0.05) is 6.07 Å². The van der Waals surface area contributed by atoms with Crippen LogP contribution < -0.4 is 10.1 Å². The molecule has 0 radical (unpaired) electrons. The highest BCUT2D eigenvalue weighted by Crippen LogP contribution is 2.40. The Bertz CT molecular complexity index is 1580. The molecule has 5 heterocycles. The summed E-state index contributed by atoms with van der Waals surface area (Å²) in [6, 6.07) is 5.57. The summed E-state index contributed by atoms with van der Waals surface area (Å²) in [4.78, 5) is 17.5. The van der Waals surface area contributed by atoms with E-state index in [-0.39, 0.29) is 17.9 Å². The van der Waals surface area contributed by atoms with Crippen molar-refractivity contribution < 1.29 is 13.9 Å². The number of amides is 1. The summed E-state index contributed by atoms with van der Waals surface area (Å²) in [6.07, 6.45) is 11.2. The molecule has 11 heteroatoms. The molecule has 1 aliphatic rings. The van der Waals surface area contributed by atoms with Gasteiger partial charge in [0.2, 0.25) is 5.91 Å². The van der Waals surface area contributed by atoms with Crippen LogP contribution in [0.25, 0.3) is 22.4 Å². The number of aromatic amines is 1. The van der Waals surface area contributed by atoms with Gasteiger partial charge in [0.25, 0.3) is 0 Å². The number of carbonyl (C=O) groups is 1. The number of pyridine rings is 2. The van der Waals surface area contributed by atoms with E-state index in [4.69, 9.17) is 4.74 Å². The second kappa shape index (κ2) is 9.88. The van der Waals surface area contributed by atoms with Gasteiger partial charge in [-0.05, 0) is 68.7 Å². The van der Waals surface area contributed by atoms with Gasteiger partial charge in [-0.25, -0.2) is 18.6 Å². The van der Waals surface area contributed by atoms with Crippen molar-refractivity contribution in [2.75, 3.05) is 6.61 Å². The van der Waals surface area contributed by atoms with Gasteiger partial charge >= 0.3 is 0 Å². The largest absolute Gasteiger partial charge is 0.492 e. The number of aromatic nitrogens is 7. The Hall–Kier alpha value is -4.28. The maximum atomic E-state index is 13.2. The second-order valence-corrected chi connectivity index (χ2v) is 9.82. The summed E-state index contributed by atoms with van der Waals surface area (Å²) in [5.74, 6) is 1.21. The van der Waals surface area contributed by atoms with Crippen LogP contribution in [0.15, 0.2) is 49.2 Å². The van der Waals surface area contributed by atoms with Crippen LogP contribution in [-0.2, 0) is 4.79 Å². The Labute approximate surface area is 218 Å². The van der Waals surface area contributed by atoms with E-state index in [0.29, 0.717) is 18.3 Å². The molecule has 0 unspecified atom stereocenters. The van der Waals surface area contributed by atoms with Crippen LogP contribution in [0.2, 0.25) is 0 Å². The standard InChI is InChI=1S/C27H29FN8O2/c1-3-38-21-10-22(25-23-13-30-33-26(23)34-36(25)15-21)17-4-6-18(7-5-17)27(37)32-16(2)19-8-9-24(29-11-19)35-14-20(28)12-31-35/h8-18H,3-7H2,1-2H3,(H,32,37)(H,33,34)/t16-,17-,18-/m0/s1. The van der Waals surface area contributed by atoms with Crippen LogP contribution in [0.4, 0.5) is 4.39 Å². The molecule has 0 saturated heterocycles. The van der Waals surface area contributed by atoms with Crippen molar-refractivity contribution in [1.82, 2.24) is 39.9 Å². The molecule has 5 aromatic heterocycles. The molecule has 1 amide bonds. The van der Waals surface area contributed by atoms with Crippen LogP contribution in [0.3, 0.4) is 0 Å². The monoisotopic (exact) mass is 516 g/mol. The van der Waals surface area contributed by atoms with Gasteiger partial charge in [0, 0.05) is 12.1 Å². The lowest BCUT2D eigenvalue weighted by molar-refractivity contribution is -0.126. The number of hydrogen-bond acceptors (Lipinski definition) is 6. The summed E-state index contributed by atoms with van der Waals surface area (Å²) in [5, 5.41) is 19.8. The lowest BCUT2D eigenvalue weighted by Crippen LogP contribution is -2.34. The Kier molecular flexibility index (Phi) is 6.26. The lowest BCUT2D eigenvalue weighted by Gasteiger charge is -2.29. The van der Waals surface area contributed by atoms with Crippen LogP contribution in [-0.4, -0.2) is 47.1 Å². The second-order valence-electron chi connectivity index (χ2n) is 9.82. The van der Waals surface area contributed by atoms with E-state index in [9.17, 15) is 9.18 Å². The smallest absolute Gasteiger partial charge is 0.223 e. The Morgan fingerprint density at radius 2 is 2.05 bits per heavy atom. The van der Waals surface area contributed by atoms with Crippen molar-refractivity contribution in [3.8, 4) is 11.6 Å². The fourth-order valence-electron chi connectivity index (χ4n) is 5.42. The van der Waals surface area contributed by atoms with Crippen molar-refractivity contribution in [1.29, 1.82) is 0 Å². The first kappa shape index (κ1) is 24.1. The van der Waals surface area contributed by atoms with Gasteiger partial charge in [0.15, 0.2) is 17.3 Å². The topological polar surface area (TPSA) is 115 Å². The van der Waals surface area contributed by atoms with Gasteiger partial charge < -0.3 is 10.1 Å². The minimum Gasteiger partial charge on any atom is -0.492 e. The number of rotatable bonds is 7. The van der Waals surface area contributed by atoms with Crippen molar-refractivity contribution >= 4 is 22.5 Å². The first-order chi connectivity index (χ1) is 18.5. The quantitative estimate of drug-likeness (QED) is 0.330. The molecule has 1 saturated carbocycles. The average molecular weight is 517 g/mol. The van der Waals surface area contributed by atoms with Gasteiger partial charge in [0.1, 0.15) is 5.75 Å². The third kappa shape index (κ3) is 4.48. The third-order valence-corrected chi connectivity index (χ3v) is 7.40.